The second-order valence-electron chi connectivity index (χ2n) is 6.37. The minimum atomic E-state index is -0.540. The van der Waals surface area contributed by atoms with Gasteiger partial charge in [0.05, 0.1) is 0 Å². The van der Waals surface area contributed by atoms with Crippen LogP contribution in [0.3, 0.4) is 0 Å². The molecule has 0 radical (unpaired) electrons. The molecule has 2 rings (SSSR count). The zero-order chi connectivity index (χ0) is 13.4. The van der Waals surface area contributed by atoms with Crippen molar-refractivity contribution in [3.8, 4) is 0 Å². The van der Waals surface area contributed by atoms with E-state index in [2.05, 4.69) is 10.6 Å². The molecule has 2 amide bonds. The zero-order valence-corrected chi connectivity index (χ0v) is 11.3. The molecule has 2 fully saturated rings. The van der Waals surface area contributed by atoms with E-state index in [0.29, 0.717) is 6.54 Å². The van der Waals surface area contributed by atoms with Crippen LogP contribution in [0.4, 0.5) is 4.79 Å². The summed E-state index contributed by atoms with van der Waals surface area (Å²) in [6.45, 7) is 6.11. The van der Waals surface area contributed by atoms with Crippen molar-refractivity contribution in [1.29, 1.82) is 0 Å². The van der Waals surface area contributed by atoms with E-state index < -0.39 is 17.7 Å². The summed E-state index contributed by atoms with van der Waals surface area (Å²) < 4.78 is 5.22. The maximum Gasteiger partial charge on any atom is 0.408 e. The summed E-state index contributed by atoms with van der Waals surface area (Å²) in [4.78, 5) is 23.6. The molecule has 1 atom stereocenters. The largest absolute Gasteiger partial charge is 0.444 e. The second kappa shape index (κ2) is 4.44. The number of alkyl carbamates (subject to hydrolysis) is 1. The monoisotopic (exact) mass is 254 g/mol. The van der Waals surface area contributed by atoms with Gasteiger partial charge in [0.15, 0.2) is 0 Å². The summed E-state index contributed by atoms with van der Waals surface area (Å²) >= 11 is 0. The predicted octanol–water partition coefficient (Wildman–Crippen LogP) is 1.57. The third kappa shape index (κ3) is 2.60. The van der Waals surface area contributed by atoms with Crippen molar-refractivity contribution in [2.75, 3.05) is 6.54 Å². The smallest absolute Gasteiger partial charge is 0.408 e. The Balaban J connectivity index is 2.02. The van der Waals surface area contributed by atoms with E-state index in [1.54, 1.807) is 0 Å². The van der Waals surface area contributed by atoms with E-state index in [-0.39, 0.29) is 11.3 Å². The van der Waals surface area contributed by atoms with Crippen LogP contribution in [-0.4, -0.2) is 30.2 Å². The van der Waals surface area contributed by atoms with Crippen molar-refractivity contribution in [3.63, 3.8) is 0 Å². The van der Waals surface area contributed by atoms with Crippen LogP contribution in [0.25, 0.3) is 0 Å². The number of rotatable bonds is 1. The Labute approximate surface area is 108 Å². The van der Waals surface area contributed by atoms with Crippen molar-refractivity contribution < 1.29 is 14.3 Å². The Morgan fingerprint density at radius 2 is 2.00 bits per heavy atom. The number of carbonyl (C=O) groups is 2. The van der Waals surface area contributed by atoms with E-state index in [1.165, 1.54) is 0 Å². The highest BCUT2D eigenvalue weighted by Gasteiger charge is 2.50. The highest BCUT2D eigenvalue weighted by Crippen LogP contribution is 2.43. The second-order valence-corrected chi connectivity index (χ2v) is 6.37. The van der Waals surface area contributed by atoms with E-state index in [1.807, 2.05) is 20.8 Å². The van der Waals surface area contributed by atoms with Gasteiger partial charge in [-0.25, -0.2) is 4.79 Å². The van der Waals surface area contributed by atoms with E-state index >= 15 is 0 Å². The average molecular weight is 254 g/mol. The van der Waals surface area contributed by atoms with Gasteiger partial charge in [-0.3, -0.25) is 4.79 Å². The van der Waals surface area contributed by atoms with Gasteiger partial charge in [-0.2, -0.15) is 0 Å². The molecule has 1 heterocycles. The third-order valence-electron chi connectivity index (χ3n) is 3.75. The quantitative estimate of drug-likeness (QED) is 0.746. The summed E-state index contributed by atoms with van der Waals surface area (Å²) in [6, 6.07) is -0.435. The third-order valence-corrected chi connectivity index (χ3v) is 3.75. The van der Waals surface area contributed by atoms with Crippen LogP contribution in [0.15, 0.2) is 0 Å². The highest BCUT2D eigenvalue weighted by atomic mass is 16.6. The van der Waals surface area contributed by atoms with E-state index in [9.17, 15) is 9.59 Å². The summed E-state index contributed by atoms with van der Waals surface area (Å²) in [5.74, 6) is -0.0808. The lowest BCUT2D eigenvalue weighted by Gasteiger charge is -2.29. The Morgan fingerprint density at radius 1 is 1.39 bits per heavy atom. The van der Waals surface area contributed by atoms with Gasteiger partial charge in [0.1, 0.15) is 11.6 Å². The molecule has 1 spiro atoms. The summed E-state index contributed by atoms with van der Waals surface area (Å²) in [6.07, 6.45) is 3.73. The standard InChI is InChI=1S/C13H22N2O3/c1-12(2,3)18-11(17)15-9-10(16)14-8-13(9)6-4-5-7-13/h9H,4-8H2,1-3H3,(H,14,16)(H,15,17). The van der Waals surface area contributed by atoms with Gasteiger partial charge in [-0.15, -0.1) is 0 Å². The molecule has 1 aliphatic heterocycles. The lowest BCUT2D eigenvalue weighted by Crippen LogP contribution is -2.49. The molecule has 5 heteroatoms. The van der Waals surface area contributed by atoms with Crippen molar-refractivity contribution in [2.24, 2.45) is 5.41 Å². The first kappa shape index (κ1) is 13.2. The first-order valence-corrected chi connectivity index (χ1v) is 6.60. The number of amides is 2. The van der Waals surface area contributed by atoms with Crippen molar-refractivity contribution in [1.82, 2.24) is 10.6 Å². The first-order valence-electron chi connectivity index (χ1n) is 6.60. The van der Waals surface area contributed by atoms with E-state index in [0.717, 1.165) is 25.7 Å². The van der Waals surface area contributed by atoms with Crippen LogP contribution in [-0.2, 0) is 9.53 Å². The van der Waals surface area contributed by atoms with Crippen LogP contribution in [0.1, 0.15) is 46.5 Å². The number of ether oxygens (including phenoxy) is 1. The lowest BCUT2D eigenvalue weighted by atomic mass is 9.81. The molecule has 0 aromatic rings. The fourth-order valence-electron chi connectivity index (χ4n) is 2.93. The molecule has 1 saturated heterocycles. The molecule has 1 saturated carbocycles. The Kier molecular flexibility index (Phi) is 3.25. The number of nitrogens with one attached hydrogen (secondary N) is 2. The molecule has 2 N–H and O–H groups in total. The van der Waals surface area contributed by atoms with Crippen molar-refractivity contribution in [2.45, 2.75) is 58.1 Å². The van der Waals surface area contributed by atoms with E-state index in [4.69, 9.17) is 4.74 Å². The van der Waals surface area contributed by atoms with Gasteiger partial charge in [-0.1, -0.05) is 12.8 Å². The zero-order valence-electron chi connectivity index (χ0n) is 11.3. The van der Waals surface area contributed by atoms with Gasteiger partial charge in [0.2, 0.25) is 5.91 Å². The van der Waals surface area contributed by atoms with Gasteiger partial charge in [0, 0.05) is 12.0 Å². The summed E-state index contributed by atoms with van der Waals surface area (Å²) in [7, 11) is 0. The lowest BCUT2D eigenvalue weighted by molar-refractivity contribution is -0.121. The SMILES string of the molecule is CC(C)(C)OC(=O)NC1C(=O)NCC12CCCC2. The molecule has 0 aromatic carbocycles. The topological polar surface area (TPSA) is 67.4 Å². The molecule has 18 heavy (non-hydrogen) atoms. The predicted molar refractivity (Wildman–Crippen MR) is 67.1 cm³/mol. The number of carbonyl (C=O) groups excluding carboxylic acids is 2. The van der Waals surface area contributed by atoms with Gasteiger partial charge in [-0.05, 0) is 33.6 Å². The molecule has 1 aliphatic carbocycles. The average Bonchev–Trinajstić information content (AvgIpc) is 2.79. The Hall–Kier alpha value is -1.26. The molecular formula is C13H22N2O3. The molecule has 5 nitrogen and oxygen atoms in total. The fraction of sp³-hybridized carbons (Fsp3) is 0.846. The molecule has 0 aromatic heterocycles. The minimum Gasteiger partial charge on any atom is -0.444 e. The maximum absolute atomic E-state index is 11.9. The summed E-state index contributed by atoms with van der Waals surface area (Å²) in [5, 5.41) is 5.61. The Morgan fingerprint density at radius 3 is 2.56 bits per heavy atom. The number of hydrogen-bond donors (Lipinski definition) is 2. The minimum absolute atomic E-state index is 0.0808. The van der Waals surface area contributed by atoms with Crippen molar-refractivity contribution in [3.05, 3.63) is 0 Å². The highest BCUT2D eigenvalue weighted by molar-refractivity contribution is 5.88. The fourth-order valence-corrected chi connectivity index (χ4v) is 2.93. The van der Waals surface area contributed by atoms with Crippen LogP contribution >= 0.6 is 0 Å². The van der Waals surface area contributed by atoms with Gasteiger partial charge < -0.3 is 15.4 Å². The van der Waals surface area contributed by atoms with Crippen molar-refractivity contribution >= 4 is 12.0 Å². The van der Waals surface area contributed by atoms with Gasteiger partial charge >= 0.3 is 6.09 Å². The molecule has 102 valence electrons. The normalized spacial score (nSPS) is 26.2. The maximum atomic E-state index is 11.9. The Bertz CT molecular complexity index is 354. The summed E-state index contributed by atoms with van der Waals surface area (Å²) in [5.41, 5.74) is -0.629. The molecule has 0 bridgehead atoms. The van der Waals surface area contributed by atoms with Gasteiger partial charge in [0.25, 0.3) is 0 Å². The van der Waals surface area contributed by atoms with Crippen LogP contribution in [0, 0.1) is 5.41 Å². The van der Waals surface area contributed by atoms with Crippen LogP contribution < -0.4 is 10.6 Å². The van der Waals surface area contributed by atoms with Crippen LogP contribution in [0.2, 0.25) is 0 Å². The number of hydrogen-bond acceptors (Lipinski definition) is 3. The van der Waals surface area contributed by atoms with Crippen LogP contribution in [0.5, 0.6) is 0 Å². The molecular weight excluding hydrogens is 232 g/mol. The molecule has 2 aliphatic rings. The first-order chi connectivity index (χ1) is 8.32. The molecule has 1 unspecified atom stereocenters.